The third-order valence-electron chi connectivity index (χ3n) is 5.24. The van der Waals surface area contributed by atoms with E-state index in [2.05, 4.69) is 5.10 Å². The summed E-state index contributed by atoms with van der Waals surface area (Å²) in [5.41, 5.74) is 1.49. The molecule has 0 N–H and O–H groups in total. The highest BCUT2D eigenvalue weighted by Crippen LogP contribution is 2.34. The van der Waals surface area contributed by atoms with E-state index in [0.717, 1.165) is 21.2 Å². The van der Waals surface area contributed by atoms with E-state index >= 15 is 0 Å². The Balaban J connectivity index is 1.64. The molecule has 1 saturated heterocycles. The van der Waals surface area contributed by atoms with Gasteiger partial charge in [-0.15, -0.1) is 0 Å². The number of hydrogen-bond acceptors (Lipinski definition) is 5. The molecular weight excluding hydrogens is 418 g/mol. The van der Waals surface area contributed by atoms with Gasteiger partial charge in [-0.25, -0.2) is 13.1 Å². The molecule has 1 aromatic heterocycles. The second kappa shape index (κ2) is 8.37. The van der Waals surface area contributed by atoms with Crippen molar-refractivity contribution in [1.29, 1.82) is 0 Å². The highest BCUT2D eigenvalue weighted by atomic mass is 32.2. The van der Waals surface area contributed by atoms with E-state index in [-0.39, 0.29) is 10.8 Å². The van der Waals surface area contributed by atoms with Gasteiger partial charge < -0.3 is 0 Å². The van der Waals surface area contributed by atoms with Crippen molar-refractivity contribution in [3.63, 3.8) is 0 Å². The van der Waals surface area contributed by atoms with Gasteiger partial charge in [0.1, 0.15) is 6.04 Å². The first kappa shape index (κ1) is 20.8. The predicted molar refractivity (Wildman–Crippen MR) is 116 cm³/mol. The van der Waals surface area contributed by atoms with Crippen molar-refractivity contribution >= 4 is 27.7 Å². The van der Waals surface area contributed by atoms with Crippen LogP contribution in [0.1, 0.15) is 29.0 Å². The van der Waals surface area contributed by atoms with Crippen LogP contribution in [-0.4, -0.2) is 41.0 Å². The van der Waals surface area contributed by atoms with Crippen LogP contribution in [0.2, 0.25) is 0 Å². The molecule has 1 atom stereocenters. The van der Waals surface area contributed by atoms with Crippen molar-refractivity contribution in [2.75, 3.05) is 6.54 Å². The van der Waals surface area contributed by atoms with Gasteiger partial charge in [-0.1, -0.05) is 48.2 Å². The summed E-state index contributed by atoms with van der Waals surface area (Å²) in [5, 5.41) is 4.46. The van der Waals surface area contributed by atoms with Crippen molar-refractivity contribution in [2.45, 2.75) is 47.4 Å². The zero-order valence-electron chi connectivity index (χ0n) is 16.9. The van der Waals surface area contributed by atoms with Crippen LogP contribution in [0.15, 0.2) is 75.4 Å². The summed E-state index contributed by atoms with van der Waals surface area (Å²) in [5.74, 6) is -0.299. The van der Waals surface area contributed by atoms with Crippen LogP contribution in [0.5, 0.6) is 0 Å². The van der Waals surface area contributed by atoms with E-state index < -0.39 is 16.1 Å². The average Bonchev–Trinajstić information content (AvgIpc) is 3.36. The van der Waals surface area contributed by atoms with Crippen LogP contribution >= 0.6 is 11.8 Å². The highest BCUT2D eigenvalue weighted by molar-refractivity contribution is 7.99. The molecule has 1 fully saturated rings. The second-order valence-electron chi connectivity index (χ2n) is 7.25. The van der Waals surface area contributed by atoms with E-state index in [9.17, 15) is 13.2 Å². The predicted octanol–water partition coefficient (Wildman–Crippen LogP) is 4.14. The first-order chi connectivity index (χ1) is 14.4. The van der Waals surface area contributed by atoms with Gasteiger partial charge in [-0.3, -0.25) is 4.79 Å². The number of carbonyl (C=O) groups excluding carboxylic acids is 1. The minimum absolute atomic E-state index is 0.207. The SMILES string of the molecule is Cc1nn(C(=O)C2CCCN2S(=O)(=O)c2ccccc2)c(C)c1Sc1ccccc1. The molecule has 1 unspecified atom stereocenters. The van der Waals surface area contributed by atoms with Gasteiger partial charge in [-0.05, 0) is 51.0 Å². The molecule has 0 amide bonds. The number of hydrogen-bond donors (Lipinski definition) is 0. The van der Waals surface area contributed by atoms with E-state index in [4.69, 9.17) is 0 Å². The molecule has 4 rings (SSSR count). The standard InChI is InChI=1S/C22H23N3O3S2/c1-16-21(29-18-10-5-3-6-11-18)17(2)25(23-16)22(26)20-14-9-15-24(20)30(27,28)19-12-7-4-8-13-19/h3-8,10-13,20H,9,14-15H2,1-2H3. The van der Waals surface area contributed by atoms with Crippen LogP contribution in [0.25, 0.3) is 0 Å². The Bertz CT molecular complexity index is 1160. The molecule has 0 saturated carbocycles. The average molecular weight is 442 g/mol. The summed E-state index contributed by atoms with van der Waals surface area (Å²) in [6, 6.07) is 17.4. The largest absolute Gasteiger partial charge is 0.271 e. The third-order valence-corrected chi connectivity index (χ3v) is 8.46. The summed E-state index contributed by atoms with van der Waals surface area (Å²) in [7, 11) is -3.74. The fourth-order valence-corrected chi connectivity index (χ4v) is 6.36. The molecule has 8 heteroatoms. The normalized spacial score (nSPS) is 17.3. The maximum Gasteiger partial charge on any atom is 0.265 e. The number of carbonyl (C=O) groups is 1. The van der Waals surface area contributed by atoms with E-state index in [1.54, 1.807) is 42.1 Å². The third kappa shape index (κ3) is 3.82. The van der Waals surface area contributed by atoms with E-state index in [1.165, 1.54) is 8.99 Å². The molecule has 2 aromatic carbocycles. The number of benzene rings is 2. The number of aromatic nitrogens is 2. The van der Waals surface area contributed by atoms with Gasteiger partial charge in [-0.2, -0.15) is 9.40 Å². The summed E-state index contributed by atoms with van der Waals surface area (Å²) in [6.07, 6.45) is 1.14. The molecule has 0 aliphatic carbocycles. The number of nitrogens with zero attached hydrogens (tertiary/aromatic N) is 3. The molecule has 2 heterocycles. The van der Waals surface area contributed by atoms with Crippen molar-refractivity contribution in [1.82, 2.24) is 14.1 Å². The lowest BCUT2D eigenvalue weighted by Crippen LogP contribution is -2.43. The fourth-order valence-electron chi connectivity index (χ4n) is 3.74. The fraction of sp³-hybridized carbons (Fsp3) is 0.273. The van der Waals surface area contributed by atoms with Gasteiger partial charge in [0.05, 0.1) is 21.2 Å². The highest BCUT2D eigenvalue weighted by Gasteiger charge is 2.40. The molecule has 0 spiro atoms. The Kier molecular flexibility index (Phi) is 5.81. The van der Waals surface area contributed by atoms with Crippen LogP contribution in [0.3, 0.4) is 0 Å². The van der Waals surface area contributed by atoms with Crippen molar-refractivity contribution in [2.24, 2.45) is 0 Å². The Morgan fingerprint density at radius 2 is 1.67 bits per heavy atom. The molecule has 1 aliphatic heterocycles. The van der Waals surface area contributed by atoms with E-state index in [0.29, 0.717) is 19.4 Å². The zero-order valence-corrected chi connectivity index (χ0v) is 18.5. The second-order valence-corrected chi connectivity index (χ2v) is 10.2. The molecule has 30 heavy (non-hydrogen) atoms. The van der Waals surface area contributed by atoms with Crippen molar-refractivity contribution < 1.29 is 13.2 Å². The van der Waals surface area contributed by atoms with Crippen LogP contribution in [-0.2, 0) is 10.0 Å². The molecule has 0 radical (unpaired) electrons. The Morgan fingerprint density at radius 3 is 2.33 bits per heavy atom. The first-order valence-electron chi connectivity index (χ1n) is 9.80. The number of sulfonamides is 1. The zero-order chi connectivity index (χ0) is 21.3. The quantitative estimate of drug-likeness (QED) is 0.595. The van der Waals surface area contributed by atoms with Gasteiger partial charge in [0, 0.05) is 11.4 Å². The Hall–Kier alpha value is -2.42. The van der Waals surface area contributed by atoms with Crippen LogP contribution in [0.4, 0.5) is 0 Å². The monoisotopic (exact) mass is 441 g/mol. The van der Waals surface area contributed by atoms with Gasteiger partial charge in [0.15, 0.2) is 0 Å². The maximum absolute atomic E-state index is 13.4. The Labute approximate surface area is 181 Å². The van der Waals surface area contributed by atoms with Gasteiger partial charge >= 0.3 is 0 Å². The van der Waals surface area contributed by atoms with Crippen LogP contribution in [0, 0.1) is 13.8 Å². The molecule has 1 aliphatic rings. The lowest BCUT2D eigenvalue weighted by Gasteiger charge is -2.23. The topological polar surface area (TPSA) is 72.3 Å². The van der Waals surface area contributed by atoms with Crippen molar-refractivity contribution in [3.8, 4) is 0 Å². The van der Waals surface area contributed by atoms with Crippen molar-refractivity contribution in [3.05, 3.63) is 72.1 Å². The first-order valence-corrected chi connectivity index (χ1v) is 12.1. The van der Waals surface area contributed by atoms with Gasteiger partial charge in [0.2, 0.25) is 10.0 Å². The van der Waals surface area contributed by atoms with Crippen LogP contribution < -0.4 is 0 Å². The Morgan fingerprint density at radius 1 is 1.03 bits per heavy atom. The summed E-state index contributed by atoms with van der Waals surface area (Å²) >= 11 is 1.56. The molecule has 156 valence electrons. The molecular formula is C22H23N3O3S2. The summed E-state index contributed by atoms with van der Waals surface area (Å²) in [6.45, 7) is 4.06. The minimum atomic E-state index is -3.74. The molecule has 0 bridgehead atoms. The lowest BCUT2D eigenvalue weighted by molar-refractivity contribution is 0.0813. The lowest BCUT2D eigenvalue weighted by atomic mass is 10.2. The summed E-state index contributed by atoms with van der Waals surface area (Å²) < 4.78 is 28.9. The van der Waals surface area contributed by atoms with Gasteiger partial charge in [0.25, 0.3) is 5.91 Å². The van der Waals surface area contributed by atoms with E-state index in [1.807, 2.05) is 44.2 Å². The molecule has 6 nitrogen and oxygen atoms in total. The number of aryl methyl sites for hydroxylation is 1. The maximum atomic E-state index is 13.4. The smallest absolute Gasteiger partial charge is 0.265 e. The molecule has 3 aromatic rings. The minimum Gasteiger partial charge on any atom is -0.271 e. The number of rotatable bonds is 5. The summed E-state index contributed by atoms with van der Waals surface area (Å²) in [4.78, 5) is 15.5.